The maximum atomic E-state index is 13.2. The first-order valence-corrected chi connectivity index (χ1v) is 7.73. The van der Waals surface area contributed by atoms with Crippen molar-refractivity contribution in [2.45, 2.75) is 6.92 Å². The lowest BCUT2D eigenvalue weighted by molar-refractivity contribution is 0.0945. The third-order valence-corrected chi connectivity index (χ3v) is 3.40. The molecule has 1 heterocycles. The van der Waals surface area contributed by atoms with Crippen molar-refractivity contribution in [3.63, 3.8) is 0 Å². The van der Waals surface area contributed by atoms with Gasteiger partial charge in [0.15, 0.2) is 0 Å². The molecular weight excluding hydrogens is 333 g/mol. The Labute approximate surface area is 145 Å². The normalized spacial score (nSPS) is 10.8. The summed E-state index contributed by atoms with van der Waals surface area (Å²) >= 11 is 5.76. The fourth-order valence-electron chi connectivity index (χ4n) is 1.95. The summed E-state index contributed by atoms with van der Waals surface area (Å²) in [5.41, 5.74) is 0.829. The van der Waals surface area contributed by atoms with Gasteiger partial charge in [-0.3, -0.25) is 4.79 Å². The molecule has 24 heavy (non-hydrogen) atoms. The average Bonchev–Trinajstić information content (AvgIpc) is 2.50. The van der Waals surface area contributed by atoms with Gasteiger partial charge in [-0.05, 0) is 39.2 Å². The van der Waals surface area contributed by atoms with Gasteiger partial charge < -0.3 is 15.5 Å². The van der Waals surface area contributed by atoms with E-state index in [1.165, 1.54) is 24.3 Å². The van der Waals surface area contributed by atoms with Crippen molar-refractivity contribution in [1.29, 1.82) is 0 Å². The number of amides is 1. The highest BCUT2D eigenvalue weighted by Gasteiger charge is 2.11. The molecule has 0 bridgehead atoms. The quantitative estimate of drug-likeness (QED) is 0.837. The number of hydrogen-bond donors (Lipinski definition) is 2. The number of anilines is 2. The molecule has 2 N–H and O–H groups in total. The lowest BCUT2D eigenvalue weighted by atomic mass is 10.3. The van der Waals surface area contributed by atoms with Crippen LogP contribution in [0.15, 0.2) is 24.3 Å². The molecule has 0 aliphatic heterocycles. The van der Waals surface area contributed by atoms with E-state index in [4.69, 9.17) is 11.6 Å². The minimum Gasteiger partial charge on any atom is -0.349 e. The first kappa shape index (κ1) is 18.1. The van der Waals surface area contributed by atoms with E-state index in [0.717, 1.165) is 6.54 Å². The highest BCUT2D eigenvalue weighted by atomic mass is 35.5. The fourth-order valence-corrected chi connectivity index (χ4v) is 2.13. The van der Waals surface area contributed by atoms with Crippen molar-refractivity contribution in [3.8, 4) is 0 Å². The number of aryl methyl sites for hydroxylation is 1. The zero-order valence-electron chi connectivity index (χ0n) is 13.7. The molecule has 6 nitrogen and oxygen atoms in total. The molecule has 2 rings (SSSR count). The average molecular weight is 352 g/mol. The van der Waals surface area contributed by atoms with Gasteiger partial charge in [-0.1, -0.05) is 11.6 Å². The number of nitrogens with zero attached hydrogens (tertiary/aromatic N) is 3. The van der Waals surface area contributed by atoms with Crippen LogP contribution < -0.4 is 10.6 Å². The van der Waals surface area contributed by atoms with Crippen LogP contribution in [0.1, 0.15) is 16.3 Å². The van der Waals surface area contributed by atoms with Gasteiger partial charge in [-0.15, -0.1) is 0 Å². The molecule has 0 spiro atoms. The molecule has 0 saturated carbocycles. The lowest BCUT2D eigenvalue weighted by Crippen LogP contribution is -2.32. The van der Waals surface area contributed by atoms with Crippen molar-refractivity contribution in [3.05, 3.63) is 46.6 Å². The number of nitrogens with one attached hydrogen (secondary N) is 2. The molecule has 2 aromatic rings. The summed E-state index contributed by atoms with van der Waals surface area (Å²) < 4.78 is 13.2. The summed E-state index contributed by atoms with van der Waals surface area (Å²) in [5.74, 6) is 0.110. The summed E-state index contributed by atoms with van der Waals surface area (Å²) in [5, 5.41) is 5.79. The molecule has 8 heteroatoms. The summed E-state index contributed by atoms with van der Waals surface area (Å²) in [4.78, 5) is 22.5. The third-order valence-electron chi connectivity index (χ3n) is 3.11. The first-order valence-electron chi connectivity index (χ1n) is 7.36. The van der Waals surface area contributed by atoms with Crippen molar-refractivity contribution in [2.75, 3.05) is 32.5 Å². The number of hydrogen-bond acceptors (Lipinski definition) is 5. The summed E-state index contributed by atoms with van der Waals surface area (Å²) in [7, 11) is 3.85. The number of aromatic nitrogens is 2. The van der Waals surface area contributed by atoms with Gasteiger partial charge in [0, 0.05) is 24.8 Å². The Kier molecular flexibility index (Phi) is 6.05. The van der Waals surface area contributed by atoms with E-state index in [2.05, 4.69) is 20.6 Å². The maximum absolute atomic E-state index is 13.2. The second-order valence-corrected chi connectivity index (χ2v) is 5.91. The third kappa shape index (κ3) is 5.14. The smallest absolute Gasteiger partial charge is 0.270 e. The van der Waals surface area contributed by atoms with Crippen LogP contribution in [0.25, 0.3) is 0 Å². The van der Waals surface area contributed by atoms with Crippen molar-refractivity contribution in [1.82, 2.24) is 20.2 Å². The number of benzene rings is 1. The number of rotatable bonds is 6. The van der Waals surface area contributed by atoms with Crippen molar-refractivity contribution >= 4 is 29.0 Å². The topological polar surface area (TPSA) is 70.2 Å². The van der Waals surface area contributed by atoms with Crippen LogP contribution in [0.2, 0.25) is 5.02 Å². The predicted molar refractivity (Wildman–Crippen MR) is 92.3 cm³/mol. The number of carbonyl (C=O) groups excluding carboxylic acids is 1. The molecule has 0 aliphatic rings. The number of likely N-dealkylation sites (N-methyl/N-ethyl adjacent to an activating group) is 1. The summed E-state index contributed by atoms with van der Waals surface area (Å²) in [6.45, 7) is 2.94. The van der Waals surface area contributed by atoms with Gasteiger partial charge in [0.2, 0.25) is 0 Å². The molecule has 1 aromatic carbocycles. The van der Waals surface area contributed by atoms with Crippen molar-refractivity contribution < 1.29 is 9.18 Å². The Morgan fingerprint density at radius 3 is 2.71 bits per heavy atom. The van der Waals surface area contributed by atoms with E-state index in [0.29, 0.717) is 23.9 Å². The highest BCUT2D eigenvalue weighted by molar-refractivity contribution is 6.31. The molecule has 0 unspecified atom stereocenters. The lowest BCUT2D eigenvalue weighted by Gasteiger charge is -2.11. The van der Waals surface area contributed by atoms with Crippen LogP contribution in [0.4, 0.5) is 15.9 Å². The Morgan fingerprint density at radius 2 is 2.04 bits per heavy atom. The van der Waals surface area contributed by atoms with Crippen LogP contribution in [0, 0.1) is 12.7 Å². The minimum absolute atomic E-state index is 0.00688. The predicted octanol–water partition coefficient (Wildman–Crippen LogP) is 2.61. The second-order valence-electron chi connectivity index (χ2n) is 5.50. The van der Waals surface area contributed by atoms with Crippen LogP contribution in [0.3, 0.4) is 0 Å². The molecule has 1 amide bonds. The van der Waals surface area contributed by atoms with Gasteiger partial charge in [0.25, 0.3) is 5.91 Å². The standard InChI is InChI=1S/C16H19ClFN5O/c1-10-20-14(16(24)19-6-7-23(2)3)9-15(21-10)22-11-4-5-13(18)12(17)8-11/h4-5,8-9H,6-7H2,1-3H3,(H,19,24)(H,20,21,22). The van der Waals surface area contributed by atoms with E-state index in [1.54, 1.807) is 6.92 Å². The van der Waals surface area contributed by atoms with Gasteiger partial charge in [0.05, 0.1) is 5.02 Å². The molecule has 128 valence electrons. The molecule has 0 atom stereocenters. The molecule has 0 radical (unpaired) electrons. The van der Waals surface area contributed by atoms with Gasteiger partial charge in [-0.25, -0.2) is 14.4 Å². The molecule has 0 fully saturated rings. The van der Waals surface area contributed by atoms with E-state index in [-0.39, 0.29) is 16.6 Å². The Balaban J connectivity index is 2.12. The SMILES string of the molecule is Cc1nc(Nc2ccc(F)c(Cl)c2)cc(C(=O)NCCN(C)C)n1. The zero-order chi connectivity index (χ0) is 17.7. The Hall–Kier alpha value is -2.25. The van der Waals surface area contributed by atoms with Crippen molar-refractivity contribution in [2.24, 2.45) is 0 Å². The van der Waals surface area contributed by atoms with Crippen LogP contribution >= 0.6 is 11.6 Å². The minimum atomic E-state index is -0.498. The summed E-state index contributed by atoms with van der Waals surface area (Å²) in [6.07, 6.45) is 0. The molecule has 0 saturated heterocycles. The molecule has 0 aliphatic carbocycles. The monoisotopic (exact) mass is 351 g/mol. The Bertz CT molecular complexity index is 738. The first-order chi connectivity index (χ1) is 11.3. The summed E-state index contributed by atoms with van der Waals surface area (Å²) in [6, 6.07) is 5.78. The Morgan fingerprint density at radius 1 is 1.29 bits per heavy atom. The van der Waals surface area contributed by atoms with Gasteiger partial charge in [0.1, 0.15) is 23.2 Å². The van der Waals surface area contributed by atoms with E-state index in [9.17, 15) is 9.18 Å². The zero-order valence-corrected chi connectivity index (χ0v) is 14.5. The molecular formula is C16H19ClFN5O. The van der Waals surface area contributed by atoms with Crippen LogP contribution in [-0.4, -0.2) is 48.0 Å². The van der Waals surface area contributed by atoms with E-state index >= 15 is 0 Å². The largest absolute Gasteiger partial charge is 0.349 e. The highest BCUT2D eigenvalue weighted by Crippen LogP contribution is 2.22. The number of halogens is 2. The van der Waals surface area contributed by atoms with Gasteiger partial charge >= 0.3 is 0 Å². The number of carbonyl (C=O) groups is 1. The fraction of sp³-hybridized carbons (Fsp3) is 0.312. The van der Waals surface area contributed by atoms with Gasteiger partial charge in [-0.2, -0.15) is 0 Å². The van der Waals surface area contributed by atoms with Crippen LogP contribution in [-0.2, 0) is 0 Å². The molecule has 1 aromatic heterocycles. The van der Waals surface area contributed by atoms with E-state index in [1.807, 2.05) is 19.0 Å². The second kappa shape index (κ2) is 8.03. The maximum Gasteiger partial charge on any atom is 0.270 e. The van der Waals surface area contributed by atoms with E-state index < -0.39 is 5.82 Å². The van der Waals surface area contributed by atoms with Crippen LogP contribution in [0.5, 0.6) is 0 Å².